The standard InChI is InChI=1S/C11H11FN2O3S/c1-2-3-4-11(15)14-9-5-8(12)6-10(7-9)18(13,16)17/h1,5-7H,3-4H2,(H,14,15)(H2,13,16,17). The van der Waals surface area contributed by atoms with Crippen molar-refractivity contribution in [1.29, 1.82) is 0 Å². The third-order valence-corrected chi connectivity index (χ3v) is 2.87. The lowest BCUT2D eigenvalue weighted by Crippen LogP contribution is -2.15. The third kappa shape index (κ3) is 4.16. The number of carbonyl (C=O) groups excluding carboxylic acids is 1. The topological polar surface area (TPSA) is 89.3 Å². The Morgan fingerprint density at radius 2 is 2.11 bits per heavy atom. The number of halogens is 1. The van der Waals surface area contributed by atoms with E-state index in [0.717, 1.165) is 18.2 Å². The Morgan fingerprint density at radius 3 is 2.67 bits per heavy atom. The van der Waals surface area contributed by atoms with Crippen LogP contribution in [0, 0.1) is 18.2 Å². The maximum Gasteiger partial charge on any atom is 0.238 e. The zero-order chi connectivity index (χ0) is 13.8. The fourth-order valence-electron chi connectivity index (χ4n) is 1.21. The first kappa shape index (κ1) is 14.2. The van der Waals surface area contributed by atoms with Gasteiger partial charge in [0.2, 0.25) is 15.9 Å². The van der Waals surface area contributed by atoms with Gasteiger partial charge in [-0.05, 0) is 18.2 Å². The number of benzene rings is 1. The summed E-state index contributed by atoms with van der Waals surface area (Å²) in [5.41, 5.74) is 0.0149. The molecular weight excluding hydrogens is 259 g/mol. The van der Waals surface area contributed by atoms with Gasteiger partial charge in [-0.1, -0.05) is 0 Å². The molecule has 0 aliphatic rings. The molecule has 0 aromatic heterocycles. The maximum atomic E-state index is 13.2. The summed E-state index contributed by atoms with van der Waals surface area (Å²) < 4.78 is 35.3. The van der Waals surface area contributed by atoms with E-state index in [1.165, 1.54) is 0 Å². The van der Waals surface area contributed by atoms with E-state index >= 15 is 0 Å². The molecule has 0 saturated carbocycles. The number of anilines is 1. The van der Waals surface area contributed by atoms with Gasteiger partial charge in [-0.3, -0.25) is 4.79 Å². The number of nitrogens with one attached hydrogen (secondary N) is 1. The van der Waals surface area contributed by atoms with Crippen LogP contribution in [-0.4, -0.2) is 14.3 Å². The van der Waals surface area contributed by atoms with Crippen LogP contribution in [0.25, 0.3) is 0 Å². The van der Waals surface area contributed by atoms with E-state index in [-0.39, 0.29) is 18.5 Å². The smallest absolute Gasteiger partial charge is 0.238 e. The van der Waals surface area contributed by atoms with Gasteiger partial charge in [-0.15, -0.1) is 12.3 Å². The molecule has 0 radical (unpaired) electrons. The van der Waals surface area contributed by atoms with E-state index in [1.54, 1.807) is 0 Å². The summed E-state index contributed by atoms with van der Waals surface area (Å²) in [6.07, 6.45) is 5.30. The molecular formula is C11H11FN2O3S. The predicted molar refractivity (Wildman–Crippen MR) is 64.5 cm³/mol. The van der Waals surface area contributed by atoms with E-state index in [0.29, 0.717) is 0 Å². The van der Waals surface area contributed by atoms with Crippen molar-refractivity contribution >= 4 is 21.6 Å². The van der Waals surface area contributed by atoms with Gasteiger partial charge in [-0.2, -0.15) is 0 Å². The quantitative estimate of drug-likeness (QED) is 0.794. The summed E-state index contributed by atoms with van der Waals surface area (Å²) in [4.78, 5) is 10.9. The van der Waals surface area contributed by atoms with Crippen molar-refractivity contribution < 1.29 is 17.6 Å². The van der Waals surface area contributed by atoms with Crippen molar-refractivity contribution in [2.24, 2.45) is 5.14 Å². The van der Waals surface area contributed by atoms with Crippen LogP contribution in [0.2, 0.25) is 0 Å². The lowest BCUT2D eigenvalue weighted by molar-refractivity contribution is -0.116. The van der Waals surface area contributed by atoms with Gasteiger partial charge < -0.3 is 5.32 Å². The number of carbonyl (C=O) groups is 1. The van der Waals surface area contributed by atoms with E-state index in [2.05, 4.69) is 11.2 Å². The first-order chi connectivity index (χ1) is 8.32. The van der Waals surface area contributed by atoms with E-state index in [9.17, 15) is 17.6 Å². The Bertz CT molecular complexity index is 605. The molecule has 1 rings (SSSR count). The highest BCUT2D eigenvalue weighted by Gasteiger charge is 2.12. The molecule has 0 unspecified atom stereocenters. The second-order valence-corrected chi connectivity index (χ2v) is 5.03. The maximum absolute atomic E-state index is 13.2. The molecule has 1 aromatic carbocycles. The second-order valence-electron chi connectivity index (χ2n) is 3.47. The highest BCUT2D eigenvalue weighted by molar-refractivity contribution is 7.89. The molecule has 96 valence electrons. The summed E-state index contributed by atoms with van der Waals surface area (Å²) in [5, 5.41) is 7.21. The SMILES string of the molecule is C#CCCC(=O)Nc1cc(F)cc(S(N)(=O)=O)c1. The largest absolute Gasteiger partial charge is 0.326 e. The molecule has 0 fully saturated rings. The van der Waals surface area contributed by atoms with Gasteiger partial charge >= 0.3 is 0 Å². The van der Waals surface area contributed by atoms with E-state index in [1.807, 2.05) is 0 Å². The van der Waals surface area contributed by atoms with E-state index < -0.39 is 26.6 Å². The zero-order valence-corrected chi connectivity index (χ0v) is 10.1. The molecule has 0 bridgehead atoms. The Kier molecular flexibility index (Phi) is 4.42. The number of primary sulfonamides is 1. The van der Waals surface area contributed by atoms with Crippen LogP contribution in [0.15, 0.2) is 23.1 Å². The molecule has 3 N–H and O–H groups in total. The van der Waals surface area contributed by atoms with Crippen LogP contribution in [-0.2, 0) is 14.8 Å². The van der Waals surface area contributed by atoms with Crippen LogP contribution >= 0.6 is 0 Å². The first-order valence-electron chi connectivity index (χ1n) is 4.89. The Labute approximate surface area is 104 Å². The molecule has 0 atom stereocenters. The number of sulfonamides is 1. The number of amides is 1. The lowest BCUT2D eigenvalue weighted by atomic mass is 10.2. The Balaban J connectivity index is 2.95. The molecule has 0 spiro atoms. The fourth-order valence-corrected chi connectivity index (χ4v) is 1.78. The molecule has 0 saturated heterocycles. The van der Waals surface area contributed by atoms with Crippen molar-refractivity contribution in [3.8, 4) is 12.3 Å². The Hall–Kier alpha value is -1.91. The monoisotopic (exact) mass is 270 g/mol. The van der Waals surface area contributed by atoms with Crippen molar-refractivity contribution in [2.45, 2.75) is 17.7 Å². The van der Waals surface area contributed by atoms with Gasteiger partial charge in [0.05, 0.1) is 4.90 Å². The number of nitrogens with two attached hydrogens (primary N) is 1. The summed E-state index contributed by atoms with van der Waals surface area (Å²) in [6.45, 7) is 0. The van der Waals surface area contributed by atoms with Crippen LogP contribution < -0.4 is 10.5 Å². The highest BCUT2D eigenvalue weighted by Crippen LogP contribution is 2.17. The minimum absolute atomic E-state index is 0.0149. The van der Waals surface area contributed by atoms with Crippen LogP contribution in [0.1, 0.15) is 12.8 Å². The fraction of sp³-hybridized carbons (Fsp3) is 0.182. The van der Waals surface area contributed by atoms with Crippen LogP contribution in [0.5, 0.6) is 0 Å². The molecule has 0 aliphatic heterocycles. The molecule has 7 heteroatoms. The molecule has 0 aliphatic carbocycles. The van der Waals surface area contributed by atoms with Gasteiger partial charge in [0.1, 0.15) is 5.82 Å². The number of terminal acetylenes is 1. The number of hydrogen-bond donors (Lipinski definition) is 2. The van der Waals surface area contributed by atoms with Gasteiger partial charge in [0.15, 0.2) is 0 Å². The molecule has 1 aromatic rings. The minimum atomic E-state index is -4.02. The van der Waals surface area contributed by atoms with Crippen molar-refractivity contribution in [2.75, 3.05) is 5.32 Å². The van der Waals surface area contributed by atoms with Crippen molar-refractivity contribution in [3.63, 3.8) is 0 Å². The van der Waals surface area contributed by atoms with Gasteiger partial charge in [0, 0.05) is 18.5 Å². The summed E-state index contributed by atoms with van der Waals surface area (Å²) >= 11 is 0. The molecule has 5 nitrogen and oxygen atoms in total. The second kappa shape index (κ2) is 5.62. The average molecular weight is 270 g/mol. The lowest BCUT2D eigenvalue weighted by Gasteiger charge is -2.06. The summed E-state index contributed by atoms with van der Waals surface area (Å²) in [5.74, 6) is 1.04. The third-order valence-electron chi connectivity index (χ3n) is 1.98. The molecule has 1 amide bonds. The first-order valence-corrected chi connectivity index (χ1v) is 6.44. The predicted octanol–water partition coefficient (Wildman–Crippen LogP) is 0.825. The Morgan fingerprint density at radius 1 is 1.44 bits per heavy atom. The summed E-state index contributed by atoms with van der Waals surface area (Å²) in [6, 6.07) is 2.83. The van der Waals surface area contributed by atoms with E-state index in [4.69, 9.17) is 11.6 Å². The van der Waals surface area contributed by atoms with Crippen molar-refractivity contribution in [1.82, 2.24) is 0 Å². The molecule has 18 heavy (non-hydrogen) atoms. The van der Waals surface area contributed by atoms with Gasteiger partial charge in [-0.25, -0.2) is 17.9 Å². The summed E-state index contributed by atoms with van der Waals surface area (Å²) in [7, 11) is -4.02. The van der Waals surface area contributed by atoms with Crippen LogP contribution in [0.4, 0.5) is 10.1 Å². The number of rotatable bonds is 4. The van der Waals surface area contributed by atoms with Gasteiger partial charge in [0.25, 0.3) is 0 Å². The van der Waals surface area contributed by atoms with Crippen LogP contribution in [0.3, 0.4) is 0 Å². The minimum Gasteiger partial charge on any atom is -0.326 e. The normalized spacial score (nSPS) is 10.7. The zero-order valence-electron chi connectivity index (χ0n) is 9.31. The van der Waals surface area contributed by atoms with Crippen molar-refractivity contribution in [3.05, 3.63) is 24.0 Å². The highest BCUT2D eigenvalue weighted by atomic mass is 32.2. The average Bonchev–Trinajstić information content (AvgIpc) is 2.24. The number of hydrogen-bond acceptors (Lipinski definition) is 3. The molecule has 0 heterocycles.